The van der Waals surface area contributed by atoms with E-state index in [9.17, 15) is 0 Å². The Kier molecular flexibility index (Phi) is 10.2. The summed E-state index contributed by atoms with van der Waals surface area (Å²) < 4.78 is 6.44. The second-order valence-corrected chi connectivity index (χ2v) is 21.1. The van der Waals surface area contributed by atoms with Gasteiger partial charge in [-0.2, -0.15) is 0 Å². The monoisotopic (exact) mass is 871 g/mol. The lowest BCUT2D eigenvalue weighted by atomic mass is 9.98. The van der Waals surface area contributed by atoms with E-state index >= 15 is 0 Å². The third kappa shape index (κ3) is 7.23. The van der Waals surface area contributed by atoms with Crippen LogP contribution in [0.15, 0.2) is 277 Å². The second kappa shape index (κ2) is 17.1. The van der Waals surface area contributed by atoms with Gasteiger partial charge in [0.15, 0.2) is 8.07 Å². The first kappa shape index (κ1) is 40.0. The van der Waals surface area contributed by atoms with Crippen LogP contribution in [0.2, 0.25) is 0 Å². The molecule has 0 fully saturated rings. The van der Waals surface area contributed by atoms with Gasteiger partial charge in [0.05, 0.1) is 0 Å². The highest BCUT2D eigenvalue weighted by Crippen LogP contribution is 2.41. The molecule has 0 atom stereocenters. The van der Waals surface area contributed by atoms with Gasteiger partial charge in [-0.1, -0.05) is 218 Å². The molecule has 1 heterocycles. The molecule has 0 saturated heterocycles. The minimum atomic E-state index is -2.63. The summed E-state index contributed by atoms with van der Waals surface area (Å²) in [5.74, 6) is 0. The molecule has 0 saturated carbocycles. The van der Waals surface area contributed by atoms with E-state index in [4.69, 9.17) is 4.42 Å². The normalized spacial score (nSPS) is 11.6. The molecule has 0 aliphatic heterocycles. The van der Waals surface area contributed by atoms with Gasteiger partial charge >= 0.3 is 0 Å². The van der Waals surface area contributed by atoms with Crippen molar-refractivity contribution < 1.29 is 4.42 Å². The summed E-state index contributed by atoms with van der Waals surface area (Å²) in [6, 6.07) is 99.5. The van der Waals surface area contributed by atoms with Crippen LogP contribution in [0.4, 0.5) is 17.1 Å². The number of rotatable bonds is 10. The van der Waals surface area contributed by atoms with Gasteiger partial charge in [0.25, 0.3) is 0 Å². The van der Waals surface area contributed by atoms with Gasteiger partial charge in [-0.05, 0) is 119 Å². The SMILES string of the molecule is c1ccc(-c2ccc3oc4ccc(N(c5ccc(-c6ccc([Si](c7ccccc7)(c7ccccc7)c7ccccc7)cc6)cc5)c5ccc(-c6cccc7ccccc67)cc5)cc4c3c2)cc1. The van der Waals surface area contributed by atoms with E-state index in [0.29, 0.717) is 0 Å². The van der Waals surface area contributed by atoms with Crippen molar-refractivity contribution >= 4 is 78.6 Å². The van der Waals surface area contributed by atoms with Gasteiger partial charge in [-0.15, -0.1) is 0 Å². The fourth-order valence-corrected chi connectivity index (χ4v) is 15.0. The molecule has 0 amide bonds. The lowest BCUT2D eigenvalue weighted by Crippen LogP contribution is -2.74. The Morgan fingerprint density at radius 3 is 1.28 bits per heavy atom. The summed E-state index contributed by atoms with van der Waals surface area (Å²) in [4.78, 5) is 2.36. The van der Waals surface area contributed by atoms with Gasteiger partial charge in [0, 0.05) is 27.8 Å². The molecule has 1 aromatic heterocycles. The minimum Gasteiger partial charge on any atom is -0.456 e. The predicted molar refractivity (Wildman–Crippen MR) is 286 cm³/mol. The first-order valence-electron chi connectivity index (χ1n) is 23.0. The number of fused-ring (bicyclic) bond motifs is 4. The van der Waals surface area contributed by atoms with Crippen molar-refractivity contribution in [3.63, 3.8) is 0 Å². The molecule has 0 unspecified atom stereocenters. The Morgan fingerprint density at radius 1 is 0.269 bits per heavy atom. The van der Waals surface area contributed by atoms with Crippen LogP contribution < -0.4 is 25.6 Å². The third-order valence-corrected chi connectivity index (χ3v) is 18.2. The summed E-state index contributed by atoms with van der Waals surface area (Å²) in [5, 5.41) is 10.1. The molecule has 0 bridgehead atoms. The van der Waals surface area contributed by atoms with Gasteiger partial charge in [-0.3, -0.25) is 0 Å². The molecular weight excluding hydrogens is 827 g/mol. The van der Waals surface area contributed by atoms with Crippen molar-refractivity contribution in [1.82, 2.24) is 0 Å². The topological polar surface area (TPSA) is 16.4 Å². The van der Waals surface area contributed by atoms with E-state index < -0.39 is 8.07 Å². The smallest absolute Gasteiger partial charge is 0.179 e. The fourth-order valence-electron chi connectivity index (χ4n) is 10.2. The van der Waals surface area contributed by atoms with Crippen LogP contribution in [0.3, 0.4) is 0 Å². The zero-order valence-corrected chi connectivity index (χ0v) is 37.8. The molecule has 316 valence electrons. The first-order chi connectivity index (χ1) is 33.2. The predicted octanol–water partition coefficient (Wildman–Crippen LogP) is 14.6. The zero-order chi connectivity index (χ0) is 44.6. The maximum Gasteiger partial charge on any atom is 0.179 e. The summed E-state index contributed by atoms with van der Waals surface area (Å²) >= 11 is 0. The van der Waals surface area contributed by atoms with E-state index in [1.54, 1.807) is 0 Å². The highest BCUT2D eigenvalue weighted by molar-refractivity contribution is 7.19. The third-order valence-electron chi connectivity index (χ3n) is 13.4. The van der Waals surface area contributed by atoms with Gasteiger partial charge in [0.2, 0.25) is 0 Å². The molecule has 12 aromatic rings. The number of furan rings is 1. The van der Waals surface area contributed by atoms with Crippen molar-refractivity contribution in [3.8, 4) is 33.4 Å². The van der Waals surface area contributed by atoms with Crippen LogP contribution in [0, 0.1) is 0 Å². The number of hydrogen-bond donors (Lipinski definition) is 0. The Morgan fingerprint density at radius 2 is 0.687 bits per heavy atom. The van der Waals surface area contributed by atoms with Crippen LogP contribution >= 0.6 is 0 Å². The minimum absolute atomic E-state index is 0.868. The van der Waals surface area contributed by atoms with Gasteiger partial charge in [-0.25, -0.2) is 0 Å². The first-order valence-corrected chi connectivity index (χ1v) is 25.0. The molecule has 67 heavy (non-hydrogen) atoms. The van der Waals surface area contributed by atoms with E-state index in [2.05, 4.69) is 278 Å². The largest absolute Gasteiger partial charge is 0.456 e. The number of benzene rings is 11. The summed E-state index contributed by atoms with van der Waals surface area (Å²) in [5.41, 5.74) is 12.0. The molecule has 2 nitrogen and oxygen atoms in total. The summed E-state index contributed by atoms with van der Waals surface area (Å²) in [6.07, 6.45) is 0. The number of anilines is 3. The van der Waals surface area contributed by atoms with Gasteiger partial charge < -0.3 is 9.32 Å². The van der Waals surface area contributed by atoms with Crippen LogP contribution in [-0.2, 0) is 0 Å². The highest BCUT2D eigenvalue weighted by Gasteiger charge is 2.41. The van der Waals surface area contributed by atoms with Crippen molar-refractivity contribution in [2.75, 3.05) is 4.90 Å². The van der Waals surface area contributed by atoms with Crippen LogP contribution in [0.1, 0.15) is 0 Å². The zero-order valence-electron chi connectivity index (χ0n) is 36.8. The van der Waals surface area contributed by atoms with Crippen LogP contribution in [0.25, 0.3) is 66.1 Å². The highest BCUT2D eigenvalue weighted by atomic mass is 28.3. The Labute approximate surface area is 392 Å². The molecule has 12 rings (SSSR count). The molecule has 11 aromatic carbocycles. The van der Waals surface area contributed by atoms with Crippen LogP contribution in [0.5, 0.6) is 0 Å². The Bertz CT molecular complexity index is 3540. The molecule has 0 aliphatic rings. The number of hydrogen-bond acceptors (Lipinski definition) is 2. The Balaban J connectivity index is 0.948. The summed E-state index contributed by atoms with van der Waals surface area (Å²) in [6.45, 7) is 0. The molecule has 0 radical (unpaired) electrons. The van der Waals surface area contributed by atoms with E-state index in [1.165, 1.54) is 59.3 Å². The van der Waals surface area contributed by atoms with E-state index in [-0.39, 0.29) is 0 Å². The maximum absolute atomic E-state index is 6.44. The average molecular weight is 872 g/mol. The standard InChI is InChI=1S/C64H45NOSi/c1-5-16-46(17-6-1)51-34-42-63-61(44-51)62-45-54(39-43-64(62)66-63)65(53-37-30-50(31-38-53)60-27-15-19-49-18-13-14-26-59(49)60)52-35-28-47(29-36-52)48-32-40-58(41-33-48)67(55-20-7-2-8-21-55,56-22-9-3-10-23-56)57-24-11-4-12-25-57/h1-45H. The maximum atomic E-state index is 6.44. The number of nitrogens with zero attached hydrogens (tertiary/aromatic N) is 1. The van der Waals surface area contributed by atoms with Crippen molar-refractivity contribution in [2.45, 2.75) is 0 Å². The van der Waals surface area contributed by atoms with E-state index in [1.807, 2.05) is 0 Å². The van der Waals surface area contributed by atoms with Crippen molar-refractivity contribution in [2.24, 2.45) is 0 Å². The van der Waals surface area contributed by atoms with Gasteiger partial charge in [0.1, 0.15) is 11.2 Å². The van der Waals surface area contributed by atoms with Crippen LogP contribution in [-0.4, -0.2) is 8.07 Å². The fraction of sp³-hybridized carbons (Fsp3) is 0. The molecule has 0 spiro atoms. The van der Waals surface area contributed by atoms with E-state index in [0.717, 1.165) is 44.6 Å². The molecule has 0 aliphatic carbocycles. The Hall–Kier alpha value is -8.50. The lowest BCUT2D eigenvalue weighted by molar-refractivity contribution is 0.669. The average Bonchev–Trinajstić information content (AvgIpc) is 3.78. The van der Waals surface area contributed by atoms with Crippen molar-refractivity contribution in [3.05, 3.63) is 273 Å². The molecule has 3 heteroatoms. The quantitative estimate of drug-likeness (QED) is 0.101. The molecular formula is C64H45NOSi. The second-order valence-electron chi connectivity index (χ2n) is 17.2. The molecule has 0 N–H and O–H groups in total. The van der Waals surface area contributed by atoms with Crippen molar-refractivity contribution in [1.29, 1.82) is 0 Å². The summed E-state index contributed by atoms with van der Waals surface area (Å²) in [7, 11) is -2.63. The lowest BCUT2D eigenvalue weighted by Gasteiger charge is -2.34.